The summed E-state index contributed by atoms with van der Waals surface area (Å²) in [5.41, 5.74) is 0.957. The number of carbonyl (C=O) groups excluding carboxylic acids is 2. The van der Waals surface area contributed by atoms with Gasteiger partial charge in [0, 0.05) is 23.7 Å². The molecule has 0 spiro atoms. The smallest absolute Gasteiger partial charge is 0.211 e. The highest BCUT2D eigenvalue weighted by Gasteiger charge is 2.33. The molecule has 15 heavy (non-hydrogen) atoms. The van der Waals surface area contributed by atoms with E-state index in [0.29, 0.717) is 5.75 Å². The molecule has 2 atom stereocenters. The van der Waals surface area contributed by atoms with Crippen molar-refractivity contribution >= 4 is 24.5 Å². The molecule has 78 valence electrons. The topological polar surface area (TPSA) is 50.3 Å². The molecule has 2 rings (SSSR count). The molecule has 5 heteroatoms. The molecule has 0 aromatic carbocycles. The van der Waals surface area contributed by atoms with Gasteiger partial charge in [-0.05, 0) is 6.07 Å². The summed E-state index contributed by atoms with van der Waals surface area (Å²) in [6.07, 6.45) is 4.96. The van der Waals surface area contributed by atoms with Crippen molar-refractivity contribution in [3.8, 4) is 0 Å². The molecule has 1 fully saturated rings. The van der Waals surface area contributed by atoms with Gasteiger partial charge < -0.3 is 9.69 Å². The molecule has 0 aliphatic carbocycles. The molecule has 0 N–H and O–H groups in total. The molecule has 0 radical (unpaired) electrons. The molecule has 1 aromatic rings. The fourth-order valence-corrected chi connectivity index (χ4v) is 2.91. The molecular weight excluding hydrogens is 212 g/mol. The van der Waals surface area contributed by atoms with E-state index in [1.54, 1.807) is 24.2 Å². The molecule has 0 saturated carbocycles. The van der Waals surface area contributed by atoms with Crippen molar-refractivity contribution in [3.05, 3.63) is 30.1 Å². The summed E-state index contributed by atoms with van der Waals surface area (Å²) in [6, 6.07) is 3.43. The summed E-state index contributed by atoms with van der Waals surface area (Å²) < 4.78 is 0. The van der Waals surface area contributed by atoms with Crippen LogP contribution >= 0.6 is 11.8 Å². The maximum Gasteiger partial charge on any atom is 0.211 e. The molecule has 2 unspecified atom stereocenters. The Labute approximate surface area is 91.7 Å². The van der Waals surface area contributed by atoms with Crippen molar-refractivity contribution < 1.29 is 9.59 Å². The minimum Gasteiger partial charge on any atom is -0.318 e. The maximum atomic E-state index is 10.9. The fourth-order valence-electron chi connectivity index (χ4n) is 1.57. The van der Waals surface area contributed by atoms with Gasteiger partial charge in [-0.3, -0.25) is 9.78 Å². The van der Waals surface area contributed by atoms with Crippen molar-refractivity contribution in [2.24, 2.45) is 0 Å². The van der Waals surface area contributed by atoms with Crippen LogP contribution in [0.25, 0.3) is 0 Å². The van der Waals surface area contributed by atoms with Gasteiger partial charge in [0.15, 0.2) is 0 Å². The zero-order valence-electron chi connectivity index (χ0n) is 7.95. The minimum absolute atomic E-state index is 0.0774. The van der Waals surface area contributed by atoms with E-state index in [1.165, 1.54) is 4.90 Å². The number of aldehydes is 1. The number of amides is 1. The summed E-state index contributed by atoms with van der Waals surface area (Å²) in [7, 11) is 0. The lowest BCUT2D eigenvalue weighted by Crippen LogP contribution is -2.32. The molecule has 1 amide bonds. The fraction of sp³-hybridized carbons (Fsp3) is 0.300. The Bertz CT molecular complexity index is 358. The van der Waals surface area contributed by atoms with Gasteiger partial charge in [-0.1, -0.05) is 6.07 Å². The molecular formula is C10H10N2O2S. The summed E-state index contributed by atoms with van der Waals surface area (Å²) in [5.74, 6) is 0.655. The largest absolute Gasteiger partial charge is 0.318 e. The summed E-state index contributed by atoms with van der Waals surface area (Å²) in [6.45, 7) is 0. The van der Waals surface area contributed by atoms with Crippen LogP contribution in [-0.2, 0) is 9.59 Å². The second kappa shape index (κ2) is 4.44. The Morgan fingerprint density at radius 3 is 3.00 bits per heavy atom. The Morgan fingerprint density at radius 1 is 1.53 bits per heavy atom. The average Bonchev–Trinajstić information content (AvgIpc) is 2.72. The highest BCUT2D eigenvalue weighted by Crippen LogP contribution is 2.39. The van der Waals surface area contributed by atoms with E-state index in [4.69, 9.17) is 0 Å². The van der Waals surface area contributed by atoms with Crippen LogP contribution in [0.2, 0.25) is 0 Å². The van der Waals surface area contributed by atoms with E-state index in [2.05, 4.69) is 4.98 Å². The van der Waals surface area contributed by atoms with Crippen molar-refractivity contribution in [3.63, 3.8) is 0 Å². The SMILES string of the molecule is O=CC1CSC(c2cccnc2)N1C=O. The van der Waals surface area contributed by atoms with Crippen LogP contribution in [0.1, 0.15) is 10.9 Å². The van der Waals surface area contributed by atoms with E-state index in [9.17, 15) is 9.59 Å². The third kappa shape index (κ3) is 1.87. The molecule has 1 saturated heterocycles. The number of aromatic nitrogens is 1. The highest BCUT2D eigenvalue weighted by molar-refractivity contribution is 7.99. The standard InChI is InChI=1S/C10H10N2O2S/c13-5-9-6-15-10(12(9)7-14)8-2-1-3-11-4-8/h1-5,7,9-10H,6H2. The van der Waals surface area contributed by atoms with Gasteiger partial charge in [-0.25, -0.2) is 0 Å². The number of thioether (sulfide) groups is 1. The first kappa shape index (κ1) is 10.2. The third-order valence-electron chi connectivity index (χ3n) is 2.33. The molecule has 1 aromatic heterocycles. The minimum atomic E-state index is -0.308. The second-order valence-electron chi connectivity index (χ2n) is 3.23. The number of nitrogens with zero attached hydrogens (tertiary/aromatic N) is 2. The van der Waals surface area contributed by atoms with Crippen molar-refractivity contribution in [2.75, 3.05) is 5.75 Å². The summed E-state index contributed by atoms with van der Waals surface area (Å²) >= 11 is 1.58. The predicted octanol–water partition coefficient (Wildman–Crippen LogP) is 0.853. The van der Waals surface area contributed by atoms with Crippen LogP contribution in [0.5, 0.6) is 0 Å². The lowest BCUT2D eigenvalue weighted by Gasteiger charge is -2.21. The second-order valence-corrected chi connectivity index (χ2v) is 4.34. The van der Waals surface area contributed by atoms with Gasteiger partial charge in [-0.15, -0.1) is 11.8 Å². The van der Waals surface area contributed by atoms with Crippen LogP contribution in [0, 0.1) is 0 Å². The van der Waals surface area contributed by atoms with Gasteiger partial charge in [-0.2, -0.15) is 0 Å². The van der Waals surface area contributed by atoms with E-state index in [0.717, 1.165) is 18.3 Å². The Balaban J connectivity index is 2.24. The van der Waals surface area contributed by atoms with Crippen LogP contribution in [-0.4, -0.2) is 34.4 Å². The predicted molar refractivity (Wildman–Crippen MR) is 57.2 cm³/mol. The normalized spacial score (nSPS) is 25.2. The lowest BCUT2D eigenvalue weighted by molar-refractivity contribution is -0.124. The Kier molecular flexibility index (Phi) is 3.01. The van der Waals surface area contributed by atoms with Crippen LogP contribution in [0.3, 0.4) is 0 Å². The summed E-state index contributed by atoms with van der Waals surface area (Å²) in [5, 5.41) is -0.0774. The Hall–Kier alpha value is -1.36. The van der Waals surface area contributed by atoms with Crippen LogP contribution in [0.15, 0.2) is 24.5 Å². The van der Waals surface area contributed by atoms with E-state index < -0.39 is 0 Å². The number of hydrogen-bond donors (Lipinski definition) is 0. The third-order valence-corrected chi connectivity index (χ3v) is 3.69. The van der Waals surface area contributed by atoms with Gasteiger partial charge in [0.1, 0.15) is 11.7 Å². The number of hydrogen-bond acceptors (Lipinski definition) is 4. The zero-order valence-corrected chi connectivity index (χ0v) is 8.76. The van der Waals surface area contributed by atoms with E-state index in [1.807, 2.05) is 12.1 Å². The number of rotatable bonds is 3. The van der Waals surface area contributed by atoms with Crippen molar-refractivity contribution in [1.29, 1.82) is 0 Å². The van der Waals surface area contributed by atoms with E-state index in [-0.39, 0.29) is 11.4 Å². The van der Waals surface area contributed by atoms with Gasteiger partial charge in [0.05, 0.1) is 6.04 Å². The maximum absolute atomic E-state index is 10.9. The quantitative estimate of drug-likeness (QED) is 0.711. The van der Waals surface area contributed by atoms with Crippen LogP contribution in [0.4, 0.5) is 0 Å². The highest BCUT2D eigenvalue weighted by atomic mass is 32.2. The Morgan fingerprint density at radius 2 is 2.40 bits per heavy atom. The van der Waals surface area contributed by atoms with Gasteiger partial charge >= 0.3 is 0 Å². The molecule has 0 bridgehead atoms. The van der Waals surface area contributed by atoms with Crippen molar-refractivity contribution in [2.45, 2.75) is 11.4 Å². The zero-order chi connectivity index (χ0) is 10.7. The monoisotopic (exact) mass is 222 g/mol. The molecule has 2 heterocycles. The first-order valence-electron chi connectivity index (χ1n) is 4.56. The molecule has 1 aliphatic heterocycles. The first-order chi connectivity index (χ1) is 7.36. The molecule has 4 nitrogen and oxygen atoms in total. The van der Waals surface area contributed by atoms with Crippen molar-refractivity contribution in [1.82, 2.24) is 9.88 Å². The first-order valence-corrected chi connectivity index (χ1v) is 5.61. The van der Waals surface area contributed by atoms with Gasteiger partial charge in [0.25, 0.3) is 0 Å². The summed E-state index contributed by atoms with van der Waals surface area (Å²) in [4.78, 5) is 27.2. The van der Waals surface area contributed by atoms with E-state index >= 15 is 0 Å². The molecule has 1 aliphatic rings. The number of pyridine rings is 1. The number of carbonyl (C=O) groups is 2. The average molecular weight is 222 g/mol. The lowest BCUT2D eigenvalue weighted by atomic mass is 10.2. The van der Waals surface area contributed by atoms with Crippen LogP contribution < -0.4 is 0 Å². The van der Waals surface area contributed by atoms with Gasteiger partial charge in [0.2, 0.25) is 6.41 Å².